The number of nitrogens with zero attached hydrogens (tertiary/aromatic N) is 1. The van der Waals surface area contributed by atoms with Crippen molar-refractivity contribution in [2.75, 3.05) is 0 Å². The molecule has 18 heavy (non-hydrogen) atoms. The Morgan fingerprint density at radius 1 is 1.33 bits per heavy atom. The van der Waals surface area contributed by atoms with E-state index in [0.717, 1.165) is 17.3 Å². The van der Waals surface area contributed by atoms with Crippen molar-refractivity contribution in [3.05, 3.63) is 45.7 Å². The summed E-state index contributed by atoms with van der Waals surface area (Å²) in [4.78, 5) is 23.4. The van der Waals surface area contributed by atoms with Gasteiger partial charge in [-0.25, -0.2) is 4.79 Å². The van der Waals surface area contributed by atoms with Crippen molar-refractivity contribution in [2.24, 2.45) is 0 Å². The molecule has 94 valence electrons. The zero-order valence-corrected chi connectivity index (χ0v) is 10.4. The van der Waals surface area contributed by atoms with Crippen LogP contribution >= 0.6 is 0 Å². The lowest BCUT2D eigenvalue weighted by molar-refractivity contribution is 0.0693. The molecule has 1 aromatic carbocycles. The van der Waals surface area contributed by atoms with Gasteiger partial charge < -0.3 is 9.67 Å². The van der Waals surface area contributed by atoms with Gasteiger partial charge in [-0.3, -0.25) is 4.79 Å². The first-order valence-corrected chi connectivity index (χ1v) is 5.93. The van der Waals surface area contributed by atoms with Gasteiger partial charge in [0.1, 0.15) is 5.56 Å². The van der Waals surface area contributed by atoms with Gasteiger partial charge in [-0.15, -0.1) is 0 Å². The molecule has 4 nitrogen and oxygen atoms in total. The fourth-order valence-corrected chi connectivity index (χ4v) is 2.26. The topological polar surface area (TPSA) is 59.3 Å². The standard InChI is InChI=1S/C14H15NO3/c1-3-8-15-11-7-5-4-6-10(11)9(2)12(13(15)16)14(17)18/h4-7H,3,8H2,1-2H3,(H,17,18). The quantitative estimate of drug-likeness (QED) is 0.903. The van der Waals surface area contributed by atoms with Crippen molar-refractivity contribution in [1.29, 1.82) is 0 Å². The molecule has 0 spiro atoms. The van der Waals surface area contributed by atoms with E-state index in [1.165, 1.54) is 0 Å². The van der Waals surface area contributed by atoms with E-state index in [1.54, 1.807) is 11.5 Å². The van der Waals surface area contributed by atoms with Crippen molar-refractivity contribution in [1.82, 2.24) is 4.57 Å². The molecule has 0 unspecified atom stereocenters. The SMILES string of the molecule is CCCn1c(=O)c(C(=O)O)c(C)c2ccccc21. The number of para-hydroxylation sites is 1. The molecule has 0 radical (unpaired) electrons. The Kier molecular flexibility index (Phi) is 3.19. The molecule has 0 atom stereocenters. The number of aryl methyl sites for hydroxylation is 2. The average molecular weight is 245 g/mol. The third-order valence-corrected chi connectivity index (χ3v) is 3.09. The van der Waals surface area contributed by atoms with Crippen molar-refractivity contribution >= 4 is 16.9 Å². The Morgan fingerprint density at radius 3 is 2.61 bits per heavy atom. The molecule has 1 N–H and O–H groups in total. The van der Waals surface area contributed by atoms with E-state index in [4.69, 9.17) is 0 Å². The van der Waals surface area contributed by atoms with Crippen LogP contribution < -0.4 is 5.56 Å². The first-order valence-electron chi connectivity index (χ1n) is 5.93. The van der Waals surface area contributed by atoms with Crippen LogP contribution in [0.1, 0.15) is 29.3 Å². The van der Waals surface area contributed by atoms with Crippen LogP contribution in [-0.2, 0) is 6.54 Å². The van der Waals surface area contributed by atoms with E-state index in [9.17, 15) is 14.7 Å². The van der Waals surface area contributed by atoms with Gasteiger partial charge in [-0.2, -0.15) is 0 Å². The highest BCUT2D eigenvalue weighted by molar-refractivity contribution is 5.95. The molecule has 0 saturated heterocycles. The fraction of sp³-hybridized carbons (Fsp3) is 0.286. The number of aromatic carboxylic acids is 1. The molecular formula is C14H15NO3. The zero-order chi connectivity index (χ0) is 13.3. The molecule has 2 aromatic rings. The van der Waals surface area contributed by atoms with Gasteiger partial charge in [0.15, 0.2) is 0 Å². The maximum atomic E-state index is 12.2. The molecular weight excluding hydrogens is 230 g/mol. The van der Waals surface area contributed by atoms with Crippen LogP contribution in [0.5, 0.6) is 0 Å². The normalized spacial score (nSPS) is 10.8. The third kappa shape index (κ3) is 1.79. The highest BCUT2D eigenvalue weighted by atomic mass is 16.4. The van der Waals surface area contributed by atoms with E-state index in [-0.39, 0.29) is 5.56 Å². The van der Waals surface area contributed by atoms with Gasteiger partial charge in [0.25, 0.3) is 5.56 Å². The van der Waals surface area contributed by atoms with Crippen molar-refractivity contribution in [3.8, 4) is 0 Å². The summed E-state index contributed by atoms with van der Waals surface area (Å²) >= 11 is 0. The minimum Gasteiger partial charge on any atom is -0.477 e. The lowest BCUT2D eigenvalue weighted by atomic mass is 10.0. The highest BCUT2D eigenvalue weighted by Gasteiger charge is 2.18. The largest absolute Gasteiger partial charge is 0.477 e. The number of aromatic nitrogens is 1. The summed E-state index contributed by atoms with van der Waals surface area (Å²) in [6.07, 6.45) is 0.784. The van der Waals surface area contributed by atoms with Crippen molar-refractivity contribution in [2.45, 2.75) is 26.8 Å². The first-order chi connectivity index (χ1) is 8.57. The molecule has 0 aliphatic rings. The number of carbonyl (C=O) groups is 1. The van der Waals surface area contributed by atoms with Crippen LogP contribution in [0.3, 0.4) is 0 Å². The fourth-order valence-electron chi connectivity index (χ4n) is 2.26. The molecule has 4 heteroatoms. The van der Waals surface area contributed by atoms with Gasteiger partial charge in [0.2, 0.25) is 0 Å². The monoisotopic (exact) mass is 245 g/mol. The second-order valence-electron chi connectivity index (χ2n) is 4.28. The number of hydrogen-bond donors (Lipinski definition) is 1. The molecule has 0 fully saturated rings. The second-order valence-corrected chi connectivity index (χ2v) is 4.28. The molecule has 0 amide bonds. The van der Waals surface area contributed by atoms with Gasteiger partial charge in [0.05, 0.1) is 5.52 Å². The number of pyridine rings is 1. The third-order valence-electron chi connectivity index (χ3n) is 3.09. The molecule has 0 saturated carbocycles. The number of hydrogen-bond acceptors (Lipinski definition) is 2. The molecule has 1 heterocycles. The summed E-state index contributed by atoms with van der Waals surface area (Å²) < 4.78 is 1.55. The molecule has 2 rings (SSSR count). The first kappa shape index (κ1) is 12.4. The van der Waals surface area contributed by atoms with Crippen molar-refractivity contribution in [3.63, 3.8) is 0 Å². The van der Waals surface area contributed by atoms with Gasteiger partial charge in [-0.05, 0) is 25.0 Å². The van der Waals surface area contributed by atoms with Crippen LogP contribution in [0.2, 0.25) is 0 Å². The summed E-state index contributed by atoms with van der Waals surface area (Å²) in [6, 6.07) is 7.41. The van der Waals surface area contributed by atoms with Gasteiger partial charge in [-0.1, -0.05) is 25.1 Å². The van der Waals surface area contributed by atoms with E-state index in [2.05, 4.69) is 0 Å². The van der Waals surface area contributed by atoms with E-state index in [1.807, 2.05) is 31.2 Å². The number of carboxylic acids is 1. The summed E-state index contributed by atoms with van der Waals surface area (Å²) in [6.45, 7) is 4.17. The number of fused-ring (bicyclic) bond motifs is 1. The Labute approximate surface area is 104 Å². The minimum absolute atomic E-state index is 0.123. The Balaban J connectivity index is 2.96. The van der Waals surface area contributed by atoms with Crippen LogP contribution in [0.25, 0.3) is 10.9 Å². The number of benzene rings is 1. The highest BCUT2D eigenvalue weighted by Crippen LogP contribution is 2.19. The van der Waals surface area contributed by atoms with Crippen LogP contribution in [0, 0.1) is 6.92 Å². The molecule has 1 aromatic heterocycles. The lowest BCUT2D eigenvalue weighted by Crippen LogP contribution is -2.28. The smallest absolute Gasteiger partial charge is 0.341 e. The Bertz CT molecular complexity index is 671. The number of carboxylic acid groups (broad SMARTS) is 1. The maximum absolute atomic E-state index is 12.2. The van der Waals surface area contributed by atoms with Crippen molar-refractivity contribution < 1.29 is 9.90 Å². The zero-order valence-electron chi connectivity index (χ0n) is 10.4. The van der Waals surface area contributed by atoms with E-state index in [0.29, 0.717) is 12.1 Å². The Morgan fingerprint density at radius 2 is 2.00 bits per heavy atom. The summed E-state index contributed by atoms with van der Waals surface area (Å²) in [5, 5.41) is 10.0. The second kappa shape index (κ2) is 4.64. The van der Waals surface area contributed by atoms with E-state index >= 15 is 0 Å². The minimum atomic E-state index is -1.16. The van der Waals surface area contributed by atoms with Gasteiger partial charge in [0, 0.05) is 11.9 Å². The number of rotatable bonds is 3. The Hall–Kier alpha value is -2.10. The summed E-state index contributed by atoms with van der Waals surface area (Å²) in [7, 11) is 0. The molecule has 0 aliphatic carbocycles. The lowest BCUT2D eigenvalue weighted by Gasteiger charge is -2.13. The van der Waals surface area contributed by atoms with E-state index < -0.39 is 11.5 Å². The van der Waals surface area contributed by atoms with Crippen LogP contribution in [-0.4, -0.2) is 15.6 Å². The maximum Gasteiger partial charge on any atom is 0.341 e. The van der Waals surface area contributed by atoms with Gasteiger partial charge >= 0.3 is 5.97 Å². The summed E-state index contributed by atoms with van der Waals surface area (Å²) in [5.74, 6) is -1.16. The van der Waals surface area contributed by atoms with Crippen LogP contribution in [0.4, 0.5) is 0 Å². The average Bonchev–Trinajstić information content (AvgIpc) is 2.34. The van der Waals surface area contributed by atoms with Crippen LogP contribution in [0.15, 0.2) is 29.1 Å². The predicted molar refractivity (Wildman–Crippen MR) is 70.2 cm³/mol. The molecule has 0 aliphatic heterocycles. The predicted octanol–water partition coefficient (Wildman–Crippen LogP) is 2.42. The summed E-state index contributed by atoms with van der Waals surface area (Å²) in [5.41, 5.74) is 0.796. The molecule has 0 bridgehead atoms.